The molecule has 0 amide bonds. The number of aromatic nitrogens is 1. The average molecular weight is 262 g/mol. The van der Waals surface area contributed by atoms with Crippen LogP contribution in [0.4, 0.5) is 0 Å². The second-order valence-corrected chi connectivity index (χ2v) is 5.58. The third kappa shape index (κ3) is 4.90. The zero-order chi connectivity index (χ0) is 13.5. The molecule has 0 aromatic carbocycles. The molecule has 2 rings (SSSR count). The standard InChI is InChI=1S/C15H26N4/c1-18-9-4-6-15(13-18)19(2)10-8-17-12-14-5-3-7-16-11-14/h3,5,7,11,15,17H,4,6,8-10,12-13H2,1-2H3. The highest BCUT2D eigenvalue weighted by Crippen LogP contribution is 2.12. The van der Waals surface area contributed by atoms with E-state index in [-0.39, 0.29) is 0 Å². The highest BCUT2D eigenvalue weighted by Gasteiger charge is 2.20. The lowest BCUT2D eigenvalue weighted by Crippen LogP contribution is -2.46. The minimum atomic E-state index is 0.721. The van der Waals surface area contributed by atoms with Crippen molar-refractivity contribution in [3.05, 3.63) is 30.1 Å². The molecular formula is C15H26N4. The number of hydrogen-bond acceptors (Lipinski definition) is 4. The quantitative estimate of drug-likeness (QED) is 0.781. The van der Waals surface area contributed by atoms with Gasteiger partial charge in [0.2, 0.25) is 0 Å². The van der Waals surface area contributed by atoms with Crippen molar-refractivity contribution in [3.63, 3.8) is 0 Å². The monoisotopic (exact) mass is 262 g/mol. The van der Waals surface area contributed by atoms with E-state index in [1.807, 2.05) is 18.5 Å². The molecule has 0 spiro atoms. The van der Waals surface area contributed by atoms with Gasteiger partial charge in [0, 0.05) is 44.6 Å². The SMILES string of the molecule is CN1CCCC(N(C)CCNCc2cccnc2)C1. The summed E-state index contributed by atoms with van der Waals surface area (Å²) in [5.41, 5.74) is 1.25. The molecule has 1 aromatic rings. The van der Waals surface area contributed by atoms with Gasteiger partial charge in [-0.25, -0.2) is 0 Å². The maximum atomic E-state index is 4.12. The van der Waals surface area contributed by atoms with Gasteiger partial charge in [-0.2, -0.15) is 0 Å². The van der Waals surface area contributed by atoms with Gasteiger partial charge in [0.05, 0.1) is 0 Å². The minimum Gasteiger partial charge on any atom is -0.311 e. The molecule has 1 aliphatic rings. The third-order valence-electron chi connectivity index (χ3n) is 3.92. The average Bonchev–Trinajstić information content (AvgIpc) is 2.44. The van der Waals surface area contributed by atoms with E-state index in [9.17, 15) is 0 Å². The molecule has 4 nitrogen and oxygen atoms in total. The van der Waals surface area contributed by atoms with Crippen molar-refractivity contribution in [2.75, 3.05) is 40.3 Å². The van der Waals surface area contributed by atoms with Gasteiger partial charge in [0.1, 0.15) is 0 Å². The summed E-state index contributed by atoms with van der Waals surface area (Å²) in [5.74, 6) is 0. The van der Waals surface area contributed by atoms with Crippen molar-refractivity contribution >= 4 is 0 Å². The number of rotatable bonds is 6. The minimum absolute atomic E-state index is 0.721. The van der Waals surface area contributed by atoms with Gasteiger partial charge in [0.25, 0.3) is 0 Å². The molecule has 1 fully saturated rings. The molecule has 0 radical (unpaired) electrons. The zero-order valence-electron chi connectivity index (χ0n) is 12.2. The van der Waals surface area contributed by atoms with E-state index >= 15 is 0 Å². The van der Waals surface area contributed by atoms with Crippen LogP contribution in [-0.2, 0) is 6.54 Å². The summed E-state index contributed by atoms with van der Waals surface area (Å²) in [6, 6.07) is 4.82. The van der Waals surface area contributed by atoms with Crippen molar-refractivity contribution in [2.45, 2.75) is 25.4 Å². The Labute approximate surface area is 116 Å². The Morgan fingerprint density at radius 3 is 3.16 bits per heavy atom. The molecule has 1 unspecified atom stereocenters. The van der Waals surface area contributed by atoms with E-state index in [4.69, 9.17) is 0 Å². The molecule has 19 heavy (non-hydrogen) atoms. The van der Waals surface area contributed by atoms with Gasteiger partial charge in [-0.15, -0.1) is 0 Å². The summed E-state index contributed by atoms with van der Waals surface area (Å²) < 4.78 is 0. The van der Waals surface area contributed by atoms with E-state index in [0.29, 0.717) is 0 Å². The van der Waals surface area contributed by atoms with Gasteiger partial charge < -0.3 is 15.1 Å². The van der Waals surface area contributed by atoms with Crippen molar-refractivity contribution in [2.24, 2.45) is 0 Å². The molecule has 0 saturated carbocycles. The summed E-state index contributed by atoms with van der Waals surface area (Å²) in [4.78, 5) is 9.05. The second-order valence-electron chi connectivity index (χ2n) is 5.58. The molecule has 1 aromatic heterocycles. The fourth-order valence-corrected chi connectivity index (χ4v) is 2.67. The van der Waals surface area contributed by atoms with Crippen LogP contribution in [0, 0.1) is 0 Å². The Balaban J connectivity index is 1.62. The number of piperidine rings is 1. The van der Waals surface area contributed by atoms with E-state index in [0.717, 1.165) is 25.7 Å². The van der Waals surface area contributed by atoms with E-state index in [1.165, 1.54) is 31.5 Å². The smallest absolute Gasteiger partial charge is 0.0312 e. The first-order chi connectivity index (χ1) is 9.25. The van der Waals surface area contributed by atoms with Crippen LogP contribution in [0.5, 0.6) is 0 Å². The Morgan fingerprint density at radius 1 is 1.53 bits per heavy atom. The highest BCUT2D eigenvalue weighted by molar-refractivity contribution is 5.07. The predicted octanol–water partition coefficient (Wildman–Crippen LogP) is 1.20. The zero-order valence-corrected chi connectivity index (χ0v) is 12.2. The topological polar surface area (TPSA) is 31.4 Å². The molecule has 0 aliphatic carbocycles. The lowest BCUT2D eigenvalue weighted by molar-refractivity contribution is 0.135. The van der Waals surface area contributed by atoms with Crippen LogP contribution < -0.4 is 5.32 Å². The first-order valence-electron chi connectivity index (χ1n) is 7.24. The number of likely N-dealkylation sites (tertiary alicyclic amines) is 1. The van der Waals surface area contributed by atoms with E-state index in [1.54, 1.807) is 0 Å². The fourth-order valence-electron chi connectivity index (χ4n) is 2.67. The molecule has 4 heteroatoms. The molecule has 1 aliphatic heterocycles. The van der Waals surface area contributed by atoms with Crippen LogP contribution in [0.25, 0.3) is 0 Å². The Hall–Kier alpha value is -0.970. The van der Waals surface area contributed by atoms with Crippen LogP contribution in [0.1, 0.15) is 18.4 Å². The van der Waals surface area contributed by atoms with Crippen LogP contribution in [0.3, 0.4) is 0 Å². The van der Waals surface area contributed by atoms with Gasteiger partial charge in [0.15, 0.2) is 0 Å². The molecule has 1 saturated heterocycles. The van der Waals surface area contributed by atoms with Crippen molar-refractivity contribution in [1.82, 2.24) is 20.1 Å². The molecule has 0 bridgehead atoms. The normalized spacial score (nSPS) is 20.9. The maximum absolute atomic E-state index is 4.12. The number of hydrogen-bond donors (Lipinski definition) is 1. The third-order valence-corrected chi connectivity index (χ3v) is 3.92. The van der Waals surface area contributed by atoms with Gasteiger partial charge >= 0.3 is 0 Å². The molecular weight excluding hydrogens is 236 g/mol. The first-order valence-corrected chi connectivity index (χ1v) is 7.24. The second kappa shape index (κ2) is 7.58. The molecule has 2 heterocycles. The number of nitrogens with one attached hydrogen (secondary N) is 1. The van der Waals surface area contributed by atoms with Gasteiger partial charge in [-0.1, -0.05) is 6.07 Å². The largest absolute Gasteiger partial charge is 0.311 e. The van der Waals surface area contributed by atoms with Crippen LogP contribution >= 0.6 is 0 Å². The number of pyridine rings is 1. The summed E-state index contributed by atoms with van der Waals surface area (Å²) in [7, 11) is 4.47. The fraction of sp³-hybridized carbons (Fsp3) is 0.667. The first kappa shape index (κ1) is 14.4. The van der Waals surface area contributed by atoms with Crippen molar-refractivity contribution < 1.29 is 0 Å². The van der Waals surface area contributed by atoms with Crippen molar-refractivity contribution in [1.29, 1.82) is 0 Å². The number of likely N-dealkylation sites (N-methyl/N-ethyl adjacent to an activating group) is 2. The van der Waals surface area contributed by atoms with Crippen LogP contribution in [0.2, 0.25) is 0 Å². The summed E-state index contributed by atoms with van der Waals surface area (Å²) in [6.45, 7) is 5.51. The summed E-state index contributed by atoms with van der Waals surface area (Å²) in [5, 5.41) is 3.49. The maximum Gasteiger partial charge on any atom is 0.0312 e. The van der Waals surface area contributed by atoms with Crippen LogP contribution in [-0.4, -0.2) is 61.1 Å². The van der Waals surface area contributed by atoms with E-state index in [2.05, 4.69) is 40.3 Å². The van der Waals surface area contributed by atoms with E-state index < -0.39 is 0 Å². The molecule has 106 valence electrons. The van der Waals surface area contributed by atoms with Crippen LogP contribution in [0.15, 0.2) is 24.5 Å². The Bertz CT molecular complexity index is 354. The Kier molecular flexibility index (Phi) is 5.76. The summed E-state index contributed by atoms with van der Waals surface area (Å²) in [6.07, 6.45) is 6.40. The van der Waals surface area contributed by atoms with Gasteiger partial charge in [-0.05, 0) is 45.1 Å². The number of nitrogens with zero attached hydrogens (tertiary/aromatic N) is 3. The highest BCUT2D eigenvalue weighted by atomic mass is 15.2. The van der Waals surface area contributed by atoms with Crippen molar-refractivity contribution in [3.8, 4) is 0 Å². The molecule has 1 atom stereocenters. The lowest BCUT2D eigenvalue weighted by Gasteiger charge is -2.35. The van der Waals surface area contributed by atoms with Gasteiger partial charge in [-0.3, -0.25) is 4.98 Å². The molecule has 1 N–H and O–H groups in total. The summed E-state index contributed by atoms with van der Waals surface area (Å²) >= 11 is 0. The predicted molar refractivity (Wildman–Crippen MR) is 79.1 cm³/mol. The Morgan fingerprint density at radius 2 is 2.42 bits per heavy atom. The lowest BCUT2D eigenvalue weighted by atomic mass is 10.1.